The molecule has 3 nitrogen and oxygen atoms in total. The molecule has 0 amide bonds. The van der Waals surface area contributed by atoms with Crippen molar-refractivity contribution in [2.45, 2.75) is 6.92 Å². The molecule has 0 aromatic heterocycles. The fraction of sp³-hybridized carbons (Fsp3) is 1.00. The molecule has 7 heavy (non-hydrogen) atoms. The second-order valence-electron chi connectivity index (χ2n) is 0.871. The molecule has 0 aromatic rings. The summed E-state index contributed by atoms with van der Waals surface area (Å²) >= 11 is 0. The zero-order chi connectivity index (χ0) is 5.21. The third-order valence-electron chi connectivity index (χ3n) is 0.365. The van der Waals surface area contributed by atoms with Crippen LogP contribution in [0.2, 0.25) is 0 Å². The van der Waals surface area contributed by atoms with Crippen LogP contribution < -0.4 is 0 Å². The van der Waals surface area contributed by atoms with Crippen molar-refractivity contribution in [3.05, 3.63) is 0 Å². The van der Waals surface area contributed by atoms with Gasteiger partial charge in [-0.3, -0.25) is 4.55 Å². The summed E-state index contributed by atoms with van der Waals surface area (Å²) in [6.07, 6.45) is 0. The Bertz CT molecular complexity index is 115. The van der Waals surface area contributed by atoms with Crippen LogP contribution in [0.3, 0.4) is 0 Å². The van der Waals surface area contributed by atoms with Crippen molar-refractivity contribution in [1.29, 1.82) is 0 Å². The van der Waals surface area contributed by atoms with Crippen molar-refractivity contribution in [3.63, 3.8) is 0 Å². The molecule has 1 N–H and O–H groups in total. The van der Waals surface area contributed by atoms with Gasteiger partial charge in [0.25, 0.3) is 10.1 Å². The Morgan fingerprint density at radius 3 is 1.71 bits per heavy atom. The summed E-state index contributed by atoms with van der Waals surface area (Å²) in [6, 6.07) is 0. The van der Waals surface area contributed by atoms with Crippen LogP contribution in [0.5, 0.6) is 0 Å². The Balaban J connectivity index is 0. The first-order valence-corrected chi connectivity index (χ1v) is 3.12. The van der Waals surface area contributed by atoms with E-state index in [9.17, 15) is 8.42 Å². The SMILES string of the molecule is CCS(=O)(=O)O.[Ag]. The van der Waals surface area contributed by atoms with Gasteiger partial charge in [0, 0.05) is 22.4 Å². The van der Waals surface area contributed by atoms with Crippen LogP contribution in [0, 0.1) is 0 Å². The quantitative estimate of drug-likeness (QED) is 0.493. The van der Waals surface area contributed by atoms with E-state index >= 15 is 0 Å². The summed E-state index contributed by atoms with van der Waals surface area (Å²) in [5.41, 5.74) is 0. The van der Waals surface area contributed by atoms with Gasteiger partial charge in [-0.15, -0.1) is 0 Å². The maximum absolute atomic E-state index is 9.56. The summed E-state index contributed by atoms with van der Waals surface area (Å²) in [5, 5.41) is 0. The largest absolute Gasteiger partial charge is 0.286 e. The molecule has 0 unspecified atom stereocenters. The van der Waals surface area contributed by atoms with E-state index in [0.717, 1.165) is 0 Å². The molecule has 0 aromatic carbocycles. The molecule has 0 saturated heterocycles. The molecular weight excluding hydrogens is 212 g/mol. The third kappa shape index (κ3) is 10.8. The van der Waals surface area contributed by atoms with Crippen molar-refractivity contribution < 1.29 is 35.4 Å². The molecule has 0 saturated carbocycles. The molecule has 0 rings (SSSR count). The Labute approximate surface area is 58.4 Å². The normalized spacial score (nSPS) is 10.0. The van der Waals surface area contributed by atoms with Crippen molar-refractivity contribution in [3.8, 4) is 0 Å². The third-order valence-corrected chi connectivity index (χ3v) is 1.09. The number of hydrogen-bond acceptors (Lipinski definition) is 2. The minimum Gasteiger partial charge on any atom is -0.286 e. The smallest absolute Gasteiger partial charge is 0.264 e. The maximum atomic E-state index is 9.56. The molecular formula is C2H6AgO3S. The average molecular weight is 218 g/mol. The van der Waals surface area contributed by atoms with E-state index < -0.39 is 10.1 Å². The predicted octanol–water partition coefficient (Wildman–Crippen LogP) is -0.108. The summed E-state index contributed by atoms with van der Waals surface area (Å²) < 4.78 is 26.9. The fourth-order valence-electron chi connectivity index (χ4n) is 0. The molecule has 0 fully saturated rings. The van der Waals surface area contributed by atoms with E-state index in [-0.39, 0.29) is 28.1 Å². The van der Waals surface area contributed by atoms with Gasteiger partial charge >= 0.3 is 0 Å². The van der Waals surface area contributed by atoms with Gasteiger partial charge < -0.3 is 0 Å². The first-order valence-electron chi connectivity index (χ1n) is 1.51. The maximum Gasteiger partial charge on any atom is 0.264 e. The summed E-state index contributed by atoms with van der Waals surface area (Å²) in [5.74, 6) is -0.201. The Morgan fingerprint density at radius 2 is 1.71 bits per heavy atom. The fourth-order valence-corrected chi connectivity index (χ4v) is 0. The first kappa shape index (κ1) is 10.6. The van der Waals surface area contributed by atoms with Crippen LogP contribution in [0.1, 0.15) is 6.92 Å². The van der Waals surface area contributed by atoms with Crippen molar-refractivity contribution in [2.75, 3.05) is 5.75 Å². The molecule has 1 radical (unpaired) electrons. The van der Waals surface area contributed by atoms with Crippen LogP contribution >= 0.6 is 0 Å². The topological polar surface area (TPSA) is 54.4 Å². The van der Waals surface area contributed by atoms with Gasteiger partial charge in [-0.25, -0.2) is 0 Å². The molecule has 0 aliphatic carbocycles. The van der Waals surface area contributed by atoms with Gasteiger partial charge in [-0.1, -0.05) is 0 Å². The van der Waals surface area contributed by atoms with Gasteiger partial charge in [0.1, 0.15) is 0 Å². The van der Waals surface area contributed by atoms with E-state index in [4.69, 9.17) is 4.55 Å². The predicted molar refractivity (Wildman–Crippen MR) is 22.1 cm³/mol. The second kappa shape index (κ2) is 3.63. The van der Waals surface area contributed by atoms with Crippen molar-refractivity contribution in [2.24, 2.45) is 0 Å². The molecule has 0 bridgehead atoms. The first-order chi connectivity index (χ1) is 2.56. The van der Waals surface area contributed by atoms with Crippen LogP contribution in [0.25, 0.3) is 0 Å². The van der Waals surface area contributed by atoms with E-state index in [2.05, 4.69) is 0 Å². The van der Waals surface area contributed by atoms with Gasteiger partial charge in [-0.2, -0.15) is 8.42 Å². The second-order valence-corrected chi connectivity index (χ2v) is 2.61. The number of rotatable bonds is 1. The molecule has 0 heterocycles. The number of hydrogen-bond donors (Lipinski definition) is 1. The van der Waals surface area contributed by atoms with E-state index in [1.807, 2.05) is 0 Å². The van der Waals surface area contributed by atoms with Gasteiger partial charge in [0.05, 0.1) is 5.75 Å². The van der Waals surface area contributed by atoms with Crippen LogP contribution in [-0.2, 0) is 32.5 Å². The van der Waals surface area contributed by atoms with Crippen LogP contribution in [0.4, 0.5) is 0 Å². The minimum absolute atomic E-state index is 0. The van der Waals surface area contributed by atoms with E-state index in [1.165, 1.54) is 6.92 Å². The zero-order valence-corrected chi connectivity index (χ0v) is 5.98. The van der Waals surface area contributed by atoms with Crippen LogP contribution in [-0.4, -0.2) is 18.7 Å². The van der Waals surface area contributed by atoms with E-state index in [0.29, 0.717) is 0 Å². The molecule has 0 aliphatic rings. The van der Waals surface area contributed by atoms with Gasteiger partial charge in [0.2, 0.25) is 0 Å². The Kier molecular flexibility index (Phi) is 5.49. The Hall–Kier alpha value is 0.650. The standard InChI is InChI=1S/C2H6O3S.Ag/c1-2-6(3,4)5;/h2H2,1H3,(H,3,4,5);. The zero-order valence-electron chi connectivity index (χ0n) is 3.68. The molecule has 0 atom stereocenters. The Morgan fingerprint density at radius 1 is 1.57 bits per heavy atom. The molecule has 0 spiro atoms. The summed E-state index contributed by atoms with van der Waals surface area (Å²) in [7, 11) is -3.66. The monoisotopic (exact) mass is 217 g/mol. The van der Waals surface area contributed by atoms with E-state index in [1.54, 1.807) is 0 Å². The molecule has 5 heteroatoms. The summed E-state index contributed by atoms with van der Waals surface area (Å²) in [4.78, 5) is 0. The van der Waals surface area contributed by atoms with Crippen molar-refractivity contribution >= 4 is 10.1 Å². The van der Waals surface area contributed by atoms with Gasteiger partial charge in [-0.05, 0) is 6.92 Å². The molecule has 49 valence electrons. The minimum atomic E-state index is -3.66. The van der Waals surface area contributed by atoms with Gasteiger partial charge in [0.15, 0.2) is 0 Å². The van der Waals surface area contributed by atoms with Crippen molar-refractivity contribution in [1.82, 2.24) is 0 Å². The summed E-state index contributed by atoms with van der Waals surface area (Å²) in [6.45, 7) is 1.37. The molecule has 0 aliphatic heterocycles. The van der Waals surface area contributed by atoms with Crippen LogP contribution in [0.15, 0.2) is 0 Å². The average Bonchev–Trinajstić information content (AvgIpc) is 1.35.